The Balaban J connectivity index is 2.29. The fourth-order valence-electron chi connectivity index (χ4n) is 2.17. The number of aryl methyl sites for hydroxylation is 2. The summed E-state index contributed by atoms with van der Waals surface area (Å²) < 4.78 is 13.2. The highest BCUT2D eigenvalue weighted by molar-refractivity contribution is 7.85. The number of hydrogen-bond acceptors (Lipinski definition) is 4. The van der Waals surface area contributed by atoms with Gasteiger partial charge in [-0.05, 0) is 6.92 Å². The molecule has 0 amide bonds. The van der Waals surface area contributed by atoms with Gasteiger partial charge < -0.3 is 10.6 Å². The van der Waals surface area contributed by atoms with Gasteiger partial charge >= 0.3 is 0 Å². The maximum Gasteiger partial charge on any atom is 0.131 e. The molecule has 1 aromatic heterocycles. The highest BCUT2D eigenvalue weighted by Gasteiger charge is 2.22. The lowest BCUT2D eigenvalue weighted by Gasteiger charge is -2.29. The van der Waals surface area contributed by atoms with Gasteiger partial charge in [-0.2, -0.15) is 5.10 Å². The largest absolute Gasteiger partial charge is 0.355 e. The van der Waals surface area contributed by atoms with Crippen molar-refractivity contribution in [1.29, 1.82) is 0 Å². The smallest absolute Gasteiger partial charge is 0.131 e. The number of anilines is 1. The number of nitrogens with zero attached hydrogens (tertiary/aromatic N) is 3. The molecule has 2 N–H and O–H groups in total. The fourth-order valence-corrected chi connectivity index (χ4v) is 3.23. The molecule has 16 heavy (non-hydrogen) atoms. The summed E-state index contributed by atoms with van der Waals surface area (Å²) in [4.78, 5) is 2.24. The highest BCUT2D eigenvalue weighted by atomic mass is 32.2. The molecule has 6 heteroatoms. The maximum atomic E-state index is 11.3. The van der Waals surface area contributed by atoms with Crippen LogP contribution >= 0.6 is 0 Å². The van der Waals surface area contributed by atoms with Crippen LogP contribution in [-0.4, -0.2) is 38.6 Å². The van der Waals surface area contributed by atoms with Crippen LogP contribution in [0.1, 0.15) is 11.3 Å². The number of hydrogen-bond donors (Lipinski definition) is 1. The van der Waals surface area contributed by atoms with E-state index in [2.05, 4.69) is 10.00 Å². The summed E-state index contributed by atoms with van der Waals surface area (Å²) in [5.41, 5.74) is 7.86. The van der Waals surface area contributed by atoms with Gasteiger partial charge in [0.25, 0.3) is 0 Å². The molecule has 0 unspecified atom stereocenters. The molecule has 1 aromatic rings. The Morgan fingerprint density at radius 2 is 2.06 bits per heavy atom. The third-order valence-electron chi connectivity index (χ3n) is 2.99. The molecule has 5 nitrogen and oxygen atoms in total. The van der Waals surface area contributed by atoms with Gasteiger partial charge in [-0.3, -0.25) is 8.89 Å². The molecule has 90 valence electrons. The van der Waals surface area contributed by atoms with E-state index in [0.717, 1.165) is 41.7 Å². The zero-order chi connectivity index (χ0) is 11.7. The standard InChI is InChI=1S/C10H18N4OS/c1-8-9(7-11)10(13(2)12-8)14-3-5-16(15)6-4-14/h3-7,11H2,1-2H3. The molecular formula is C10H18N4OS. The monoisotopic (exact) mass is 242 g/mol. The van der Waals surface area contributed by atoms with Gasteiger partial charge in [-0.25, -0.2) is 0 Å². The molecule has 0 atom stereocenters. The van der Waals surface area contributed by atoms with E-state index in [1.807, 2.05) is 18.7 Å². The molecule has 0 spiro atoms. The van der Waals surface area contributed by atoms with E-state index >= 15 is 0 Å². The van der Waals surface area contributed by atoms with Gasteiger partial charge in [0.15, 0.2) is 0 Å². The molecule has 2 rings (SSSR count). The molecular weight excluding hydrogens is 224 g/mol. The summed E-state index contributed by atoms with van der Waals surface area (Å²) >= 11 is 0. The van der Waals surface area contributed by atoms with Crippen LogP contribution in [0.2, 0.25) is 0 Å². The van der Waals surface area contributed by atoms with Crippen molar-refractivity contribution >= 4 is 16.6 Å². The summed E-state index contributed by atoms with van der Waals surface area (Å²) in [6.45, 7) is 4.15. The lowest BCUT2D eigenvalue weighted by molar-refractivity contribution is 0.664. The van der Waals surface area contributed by atoms with Gasteiger partial charge in [-0.1, -0.05) is 0 Å². The van der Waals surface area contributed by atoms with Crippen LogP contribution in [0.15, 0.2) is 0 Å². The molecule has 1 aliphatic heterocycles. The normalized spacial score (nSPS) is 18.1. The van der Waals surface area contributed by atoms with Crippen molar-refractivity contribution in [3.05, 3.63) is 11.3 Å². The van der Waals surface area contributed by atoms with Gasteiger partial charge in [0.05, 0.1) is 5.69 Å². The van der Waals surface area contributed by atoms with Crippen molar-refractivity contribution in [2.75, 3.05) is 29.5 Å². The van der Waals surface area contributed by atoms with Crippen LogP contribution in [0, 0.1) is 6.92 Å². The summed E-state index contributed by atoms with van der Waals surface area (Å²) in [6, 6.07) is 0. The van der Waals surface area contributed by atoms with Gasteiger partial charge in [-0.15, -0.1) is 0 Å². The Bertz CT molecular complexity index is 405. The van der Waals surface area contributed by atoms with Crippen molar-refractivity contribution in [2.45, 2.75) is 13.5 Å². The first-order chi connectivity index (χ1) is 7.63. The summed E-state index contributed by atoms with van der Waals surface area (Å²) in [5, 5.41) is 4.40. The van der Waals surface area contributed by atoms with Gasteiger partial charge in [0.2, 0.25) is 0 Å². The molecule has 1 saturated heterocycles. The Hall–Kier alpha value is -0.880. The van der Waals surface area contributed by atoms with Gasteiger partial charge in [0.1, 0.15) is 5.82 Å². The molecule has 0 bridgehead atoms. The fraction of sp³-hybridized carbons (Fsp3) is 0.700. The second-order valence-electron chi connectivity index (χ2n) is 4.05. The van der Waals surface area contributed by atoms with E-state index < -0.39 is 10.8 Å². The zero-order valence-corrected chi connectivity index (χ0v) is 10.6. The minimum Gasteiger partial charge on any atom is -0.355 e. The number of aromatic nitrogens is 2. The average molecular weight is 242 g/mol. The van der Waals surface area contributed by atoms with Crippen molar-refractivity contribution in [1.82, 2.24) is 9.78 Å². The Labute approximate surface area is 98.1 Å². The third kappa shape index (κ3) is 1.99. The molecule has 2 heterocycles. The second-order valence-corrected chi connectivity index (χ2v) is 5.75. The minimum atomic E-state index is -0.646. The van der Waals surface area contributed by atoms with Crippen LogP contribution in [0.25, 0.3) is 0 Å². The molecule has 1 fully saturated rings. The molecule has 1 aliphatic rings. The Kier molecular flexibility index (Phi) is 3.30. The quantitative estimate of drug-likeness (QED) is 0.777. The van der Waals surface area contributed by atoms with Crippen LogP contribution in [0.5, 0.6) is 0 Å². The van der Waals surface area contributed by atoms with E-state index in [0.29, 0.717) is 6.54 Å². The van der Waals surface area contributed by atoms with E-state index in [-0.39, 0.29) is 0 Å². The lowest BCUT2D eigenvalue weighted by Crippen LogP contribution is -2.39. The first-order valence-corrected chi connectivity index (χ1v) is 6.94. The first-order valence-electron chi connectivity index (χ1n) is 5.46. The van der Waals surface area contributed by atoms with Crippen molar-refractivity contribution in [2.24, 2.45) is 12.8 Å². The minimum absolute atomic E-state index is 0.509. The Morgan fingerprint density at radius 1 is 1.44 bits per heavy atom. The average Bonchev–Trinajstić information content (AvgIpc) is 2.54. The first kappa shape index (κ1) is 11.6. The van der Waals surface area contributed by atoms with Crippen LogP contribution < -0.4 is 10.6 Å². The molecule has 0 aliphatic carbocycles. The van der Waals surface area contributed by atoms with Crippen LogP contribution in [-0.2, 0) is 24.4 Å². The van der Waals surface area contributed by atoms with Crippen LogP contribution in [0.3, 0.4) is 0 Å². The number of rotatable bonds is 2. The third-order valence-corrected chi connectivity index (χ3v) is 4.27. The van der Waals surface area contributed by atoms with E-state index in [1.165, 1.54) is 0 Å². The maximum absolute atomic E-state index is 11.3. The summed E-state index contributed by atoms with van der Waals surface area (Å²) in [7, 11) is 1.29. The zero-order valence-electron chi connectivity index (χ0n) is 9.77. The van der Waals surface area contributed by atoms with E-state index in [1.54, 1.807) is 0 Å². The lowest BCUT2D eigenvalue weighted by atomic mass is 10.2. The highest BCUT2D eigenvalue weighted by Crippen LogP contribution is 2.23. The molecule has 0 saturated carbocycles. The SMILES string of the molecule is Cc1nn(C)c(N2CCS(=O)CC2)c1CN. The van der Waals surface area contributed by atoms with Gasteiger partial charge in [0, 0.05) is 54.6 Å². The van der Waals surface area contributed by atoms with Crippen molar-refractivity contribution in [3.8, 4) is 0 Å². The van der Waals surface area contributed by atoms with E-state index in [9.17, 15) is 4.21 Å². The topological polar surface area (TPSA) is 64.2 Å². The summed E-state index contributed by atoms with van der Waals surface area (Å²) in [6.07, 6.45) is 0. The van der Waals surface area contributed by atoms with Crippen LogP contribution in [0.4, 0.5) is 5.82 Å². The second kappa shape index (κ2) is 4.55. The van der Waals surface area contributed by atoms with Crippen molar-refractivity contribution < 1.29 is 4.21 Å². The van der Waals surface area contributed by atoms with E-state index in [4.69, 9.17) is 5.73 Å². The number of nitrogens with two attached hydrogens (primary N) is 1. The van der Waals surface area contributed by atoms with Crippen molar-refractivity contribution in [3.63, 3.8) is 0 Å². The Morgan fingerprint density at radius 3 is 2.62 bits per heavy atom. The summed E-state index contributed by atoms with van der Waals surface area (Å²) in [5.74, 6) is 2.58. The molecule has 0 radical (unpaired) electrons. The predicted molar refractivity (Wildman–Crippen MR) is 65.9 cm³/mol. The predicted octanol–water partition coefficient (Wildman–Crippen LogP) is -0.244. The molecule has 0 aromatic carbocycles.